The first-order valence-electron chi connectivity index (χ1n) is 6.63. The van der Waals surface area contributed by atoms with Crippen molar-refractivity contribution in [3.8, 4) is 0 Å². The van der Waals surface area contributed by atoms with Gasteiger partial charge in [-0.1, -0.05) is 6.92 Å². The van der Waals surface area contributed by atoms with Gasteiger partial charge in [-0.3, -0.25) is 0 Å². The maximum absolute atomic E-state index is 9.30. The van der Waals surface area contributed by atoms with Crippen LogP contribution in [0, 0.1) is 0 Å². The van der Waals surface area contributed by atoms with Crippen LogP contribution < -0.4 is 10.2 Å². The number of aliphatic hydroxyl groups excluding tert-OH is 1. The van der Waals surface area contributed by atoms with Crippen molar-refractivity contribution in [2.45, 2.75) is 39.3 Å². The second-order valence-electron chi connectivity index (χ2n) is 4.79. The van der Waals surface area contributed by atoms with Crippen molar-refractivity contribution in [3.05, 3.63) is 23.9 Å². The fraction of sp³-hybridized carbons (Fsp3) is 0.643. The number of rotatable bonds is 7. The third-order valence-corrected chi connectivity index (χ3v) is 3.05. The first kappa shape index (κ1) is 14.9. The van der Waals surface area contributed by atoms with Crippen LogP contribution in [-0.4, -0.2) is 36.3 Å². The Morgan fingerprint density at radius 1 is 1.44 bits per heavy atom. The van der Waals surface area contributed by atoms with Crippen molar-refractivity contribution in [2.75, 3.05) is 25.0 Å². The van der Waals surface area contributed by atoms with E-state index in [-0.39, 0.29) is 6.10 Å². The molecule has 0 saturated heterocycles. The van der Waals surface area contributed by atoms with Crippen molar-refractivity contribution in [1.29, 1.82) is 0 Å². The molecule has 0 amide bonds. The number of anilines is 1. The summed E-state index contributed by atoms with van der Waals surface area (Å²) in [7, 11) is 2.01. The van der Waals surface area contributed by atoms with E-state index < -0.39 is 0 Å². The molecule has 102 valence electrons. The van der Waals surface area contributed by atoms with E-state index >= 15 is 0 Å². The van der Waals surface area contributed by atoms with E-state index in [1.54, 1.807) is 0 Å². The van der Waals surface area contributed by atoms with E-state index in [1.807, 2.05) is 26.2 Å². The minimum atomic E-state index is -0.267. The van der Waals surface area contributed by atoms with Gasteiger partial charge < -0.3 is 15.3 Å². The number of aromatic nitrogens is 1. The van der Waals surface area contributed by atoms with Crippen molar-refractivity contribution >= 4 is 5.82 Å². The molecule has 1 aromatic heterocycles. The molecule has 1 rings (SSSR count). The molecular weight excluding hydrogens is 226 g/mol. The van der Waals surface area contributed by atoms with Crippen LogP contribution in [0.3, 0.4) is 0 Å². The molecule has 18 heavy (non-hydrogen) atoms. The van der Waals surface area contributed by atoms with Gasteiger partial charge in [-0.25, -0.2) is 4.98 Å². The molecule has 2 unspecified atom stereocenters. The Bertz CT molecular complexity index is 355. The first-order valence-corrected chi connectivity index (χ1v) is 6.63. The normalized spacial score (nSPS) is 14.3. The molecule has 0 saturated carbocycles. The van der Waals surface area contributed by atoms with Crippen LogP contribution in [0.15, 0.2) is 18.3 Å². The second-order valence-corrected chi connectivity index (χ2v) is 4.79. The van der Waals surface area contributed by atoms with Gasteiger partial charge in [-0.05, 0) is 44.5 Å². The highest BCUT2D eigenvalue weighted by molar-refractivity contribution is 5.40. The third kappa shape index (κ3) is 4.63. The smallest absolute Gasteiger partial charge is 0.128 e. The van der Waals surface area contributed by atoms with E-state index in [1.165, 1.54) is 5.56 Å². The molecule has 0 radical (unpaired) electrons. The van der Waals surface area contributed by atoms with Gasteiger partial charge in [0.15, 0.2) is 0 Å². The zero-order valence-corrected chi connectivity index (χ0v) is 11.8. The molecule has 0 bridgehead atoms. The number of aliphatic hydroxyl groups is 1. The fourth-order valence-electron chi connectivity index (χ4n) is 1.83. The summed E-state index contributed by atoms with van der Waals surface area (Å²) in [6, 6.07) is 4.48. The molecule has 0 aliphatic rings. The predicted molar refractivity (Wildman–Crippen MR) is 75.9 cm³/mol. The molecule has 0 aromatic carbocycles. The fourth-order valence-corrected chi connectivity index (χ4v) is 1.83. The number of nitrogens with zero attached hydrogens (tertiary/aromatic N) is 2. The lowest BCUT2D eigenvalue weighted by atomic mass is 10.1. The molecule has 0 fully saturated rings. The highest BCUT2D eigenvalue weighted by Gasteiger charge is 2.08. The Morgan fingerprint density at radius 3 is 2.78 bits per heavy atom. The van der Waals surface area contributed by atoms with Gasteiger partial charge in [0, 0.05) is 25.8 Å². The lowest BCUT2D eigenvalue weighted by molar-refractivity contribution is 0.187. The summed E-state index contributed by atoms with van der Waals surface area (Å²) in [4.78, 5) is 6.45. The molecular formula is C14H25N3O. The monoisotopic (exact) mass is 251 g/mol. The molecule has 1 heterocycles. The van der Waals surface area contributed by atoms with E-state index in [4.69, 9.17) is 0 Å². The van der Waals surface area contributed by atoms with Gasteiger partial charge in [0.25, 0.3) is 0 Å². The van der Waals surface area contributed by atoms with Crippen molar-refractivity contribution in [3.63, 3.8) is 0 Å². The summed E-state index contributed by atoms with van der Waals surface area (Å²) >= 11 is 0. The van der Waals surface area contributed by atoms with Crippen LogP contribution in [0.4, 0.5) is 5.82 Å². The van der Waals surface area contributed by atoms with Gasteiger partial charge in [0.05, 0.1) is 6.10 Å². The summed E-state index contributed by atoms with van der Waals surface area (Å²) in [5.41, 5.74) is 1.24. The largest absolute Gasteiger partial charge is 0.393 e. The van der Waals surface area contributed by atoms with Gasteiger partial charge in [0.1, 0.15) is 5.82 Å². The van der Waals surface area contributed by atoms with E-state index in [0.29, 0.717) is 6.04 Å². The Hall–Kier alpha value is -1.13. The van der Waals surface area contributed by atoms with Crippen LogP contribution >= 0.6 is 0 Å². The summed E-state index contributed by atoms with van der Waals surface area (Å²) < 4.78 is 0. The topological polar surface area (TPSA) is 48.4 Å². The standard InChI is InChI=1S/C14H25N3O/c1-5-15-12(3)13-6-8-16-14(10-13)17(4)9-7-11(2)18/h6,8,10-12,15,18H,5,7,9H2,1-4H3. The zero-order valence-electron chi connectivity index (χ0n) is 11.8. The lowest BCUT2D eigenvalue weighted by Crippen LogP contribution is -2.23. The van der Waals surface area contributed by atoms with E-state index in [9.17, 15) is 5.11 Å². The molecule has 0 aliphatic heterocycles. The van der Waals surface area contributed by atoms with Crippen molar-refractivity contribution in [1.82, 2.24) is 10.3 Å². The Morgan fingerprint density at radius 2 is 2.17 bits per heavy atom. The third-order valence-electron chi connectivity index (χ3n) is 3.05. The summed E-state index contributed by atoms with van der Waals surface area (Å²) in [5, 5.41) is 12.7. The number of nitrogens with one attached hydrogen (secondary N) is 1. The van der Waals surface area contributed by atoms with Crippen LogP contribution in [0.1, 0.15) is 38.8 Å². The number of hydrogen-bond acceptors (Lipinski definition) is 4. The SMILES string of the molecule is CCNC(C)c1ccnc(N(C)CCC(C)O)c1. The summed E-state index contributed by atoms with van der Waals surface area (Å²) in [6.45, 7) is 7.83. The molecule has 2 atom stereocenters. The van der Waals surface area contributed by atoms with Gasteiger partial charge >= 0.3 is 0 Å². The van der Waals surface area contributed by atoms with Crippen LogP contribution in [0.5, 0.6) is 0 Å². The minimum absolute atomic E-state index is 0.267. The zero-order chi connectivity index (χ0) is 13.5. The second kappa shape index (κ2) is 7.34. The summed E-state index contributed by atoms with van der Waals surface area (Å²) in [5.74, 6) is 0.956. The lowest BCUT2D eigenvalue weighted by Gasteiger charge is -2.21. The molecule has 4 heteroatoms. The molecule has 4 nitrogen and oxygen atoms in total. The highest BCUT2D eigenvalue weighted by atomic mass is 16.3. The predicted octanol–water partition coefficient (Wildman–Crippen LogP) is 1.96. The van der Waals surface area contributed by atoms with E-state index in [0.717, 1.165) is 25.3 Å². The Balaban J connectivity index is 2.68. The Kier molecular flexibility index (Phi) is 6.09. The molecule has 2 N–H and O–H groups in total. The number of pyridine rings is 1. The average molecular weight is 251 g/mol. The van der Waals surface area contributed by atoms with Crippen molar-refractivity contribution in [2.24, 2.45) is 0 Å². The maximum atomic E-state index is 9.30. The van der Waals surface area contributed by atoms with Gasteiger partial charge in [-0.2, -0.15) is 0 Å². The van der Waals surface area contributed by atoms with Gasteiger partial charge in [-0.15, -0.1) is 0 Å². The molecule has 0 spiro atoms. The first-order chi connectivity index (χ1) is 8.54. The molecule has 1 aromatic rings. The van der Waals surface area contributed by atoms with Crippen LogP contribution in [0.25, 0.3) is 0 Å². The van der Waals surface area contributed by atoms with Gasteiger partial charge in [0.2, 0.25) is 0 Å². The Labute approximate surface area is 110 Å². The quantitative estimate of drug-likeness (QED) is 0.778. The number of hydrogen-bond donors (Lipinski definition) is 2. The average Bonchev–Trinajstić information content (AvgIpc) is 2.36. The maximum Gasteiger partial charge on any atom is 0.128 e. The van der Waals surface area contributed by atoms with E-state index in [2.05, 4.69) is 35.1 Å². The van der Waals surface area contributed by atoms with Crippen LogP contribution in [-0.2, 0) is 0 Å². The van der Waals surface area contributed by atoms with Crippen LogP contribution in [0.2, 0.25) is 0 Å². The highest BCUT2D eigenvalue weighted by Crippen LogP contribution is 2.17. The summed E-state index contributed by atoms with van der Waals surface area (Å²) in [6.07, 6.45) is 2.33. The minimum Gasteiger partial charge on any atom is -0.393 e. The molecule has 0 aliphatic carbocycles. The van der Waals surface area contributed by atoms with Crippen molar-refractivity contribution < 1.29 is 5.11 Å².